The van der Waals surface area contributed by atoms with Crippen LogP contribution in [0.1, 0.15) is 0 Å². The third kappa shape index (κ3) is 4.40. The fourth-order valence-electron chi connectivity index (χ4n) is 8.38. The molecular formula is C49H30N2S. The number of anilines is 3. The fourth-order valence-corrected chi connectivity index (χ4v) is 9.48. The normalized spacial score (nSPS) is 11.8. The second kappa shape index (κ2) is 11.5. The van der Waals surface area contributed by atoms with E-state index in [2.05, 4.69) is 180 Å². The van der Waals surface area contributed by atoms with Crippen LogP contribution >= 0.6 is 11.3 Å². The first-order valence-electron chi connectivity index (χ1n) is 17.7. The van der Waals surface area contributed by atoms with E-state index in [-0.39, 0.29) is 0 Å². The Balaban J connectivity index is 1.06. The largest absolute Gasteiger partial charge is 0.310 e. The predicted molar refractivity (Wildman–Crippen MR) is 222 cm³/mol. The van der Waals surface area contributed by atoms with E-state index in [0.717, 1.165) is 17.1 Å². The molecule has 11 rings (SSSR count). The lowest BCUT2D eigenvalue weighted by atomic mass is 9.94. The van der Waals surface area contributed by atoms with Crippen LogP contribution < -0.4 is 4.90 Å². The van der Waals surface area contributed by atoms with Gasteiger partial charge in [0, 0.05) is 43.9 Å². The summed E-state index contributed by atoms with van der Waals surface area (Å²) < 4.78 is 2.50. The number of aromatic nitrogens is 1. The van der Waals surface area contributed by atoms with Crippen molar-refractivity contribution < 1.29 is 0 Å². The molecule has 3 heteroatoms. The average Bonchev–Trinajstić information content (AvgIpc) is 3.76. The first-order chi connectivity index (χ1) is 25.8. The van der Waals surface area contributed by atoms with Crippen molar-refractivity contribution in [3.05, 3.63) is 182 Å². The molecule has 0 spiro atoms. The van der Waals surface area contributed by atoms with E-state index in [0.29, 0.717) is 0 Å². The fraction of sp³-hybridized carbons (Fsp3) is 0. The number of pyridine rings is 1. The minimum absolute atomic E-state index is 1.11. The van der Waals surface area contributed by atoms with Crippen molar-refractivity contribution in [1.29, 1.82) is 0 Å². The minimum atomic E-state index is 1.11. The molecule has 0 N–H and O–H groups in total. The maximum absolute atomic E-state index is 4.54. The standard InChI is InChI=1S/C49H30N2S/c1-2-10-36-31(8-1)9-5-13-37(36)32-18-22-34(23-19-32)51(45-16-7-17-47-49(45)44-30-50-29-28-46(44)52-47)35-24-20-33(21-25-35)38-26-27-43-40-12-4-3-11-39(40)42-15-6-14-41(38)48(42)43/h1-30H. The second-order valence-corrected chi connectivity index (χ2v) is 14.6. The molecule has 0 saturated heterocycles. The topological polar surface area (TPSA) is 16.1 Å². The summed E-state index contributed by atoms with van der Waals surface area (Å²) in [5, 5.41) is 7.56. The lowest BCUT2D eigenvalue weighted by Gasteiger charge is -2.27. The number of benzene rings is 8. The van der Waals surface area contributed by atoms with Gasteiger partial charge < -0.3 is 4.90 Å². The Hall–Kier alpha value is -6.55. The second-order valence-electron chi connectivity index (χ2n) is 13.5. The molecule has 0 radical (unpaired) electrons. The lowest BCUT2D eigenvalue weighted by molar-refractivity contribution is 1.30. The van der Waals surface area contributed by atoms with Crippen LogP contribution in [0.5, 0.6) is 0 Å². The highest BCUT2D eigenvalue weighted by molar-refractivity contribution is 7.25. The molecule has 1 aliphatic rings. The van der Waals surface area contributed by atoms with Gasteiger partial charge in [0.25, 0.3) is 0 Å². The summed E-state index contributed by atoms with van der Waals surface area (Å²) in [6.07, 6.45) is 3.90. The van der Waals surface area contributed by atoms with Crippen LogP contribution in [0.2, 0.25) is 0 Å². The van der Waals surface area contributed by atoms with E-state index in [1.807, 2.05) is 23.7 Å². The number of hydrogen-bond donors (Lipinski definition) is 0. The van der Waals surface area contributed by atoms with Gasteiger partial charge in [-0.25, -0.2) is 0 Å². The Morgan fingerprint density at radius 1 is 0.385 bits per heavy atom. The third-order valence-corrected chi connectivity index (χ3v) is 11.9. The Morgan fingerprint density at radius 2 is 0.962 bits per heavy atom. The number of rotatable bonds is 5. The molecule has 0 atom stereocenters. The Labute approximate surface area is 305 Å². The molecule has 52 heavy (non-hydrogen) atoms. The third-order valence-electron chi connectivity index (χ3n) is 10.7. The van der Waals surface area contributed by atoms with E-state index >= 15 is 0 Å². The predicted octanol–water partition coefficient (Wildman–Crippen LogP) is 14.2. The molecule has 0 aliphatic heterocycles. The number of thiophene rings is 1. The van der Waals surface area contributed by atoms with Crippen LogP contribution in [0.15, 0.2) is 182 Å². The van der Waals surface area contributed by atoms with Gasteiger partial charge in [-0.3, -0.25) is 4.98 Å². The van der Waals surface area contributed by atoms with E-state index in [1.165, 1.54) is 86.2 Å². The molecule has 8 aromatic carbocycles. The molecule has 0 saturated carbocycles. The van der Waals surface area contributed by atoms with E-state index in [9.17, 15) is 0 Å². The van der Waals surface area contributed by atoms with Crippen molar-refractivity contribution in [1.82, 2.24) is 4.98 Å². The summed E-state index contributed by atoms with van der Waals surface area (Å²) in [6.45, 7) is 0. The van der Waals surface area contributed by atoms with Gasteiger partial charge in [-0.15, -0.1) is 11.3 Å². The van der Waals surface area contributed by atoms with Crippen LogP contribution in [0, 0.1) is 0 Å². The zero-order valence-corrected chi connectivity index (χ0v) is 28.9. The highest BCUT2D eigenvalue weighted by atomic mass is 32.1. The van der Waals surface area contributed by atoms with E-state index < -0.39 is 0 Å². The lowest BCUT2D eigenvalue weighted by Crippen LogP contribution is -2.10. The Kier molecular flexibility index (Phi) is 6.46. The van der Waals surface area contributed by atoms with Gasteiger partial charge in [-0.2, -0.15) is 0 Å². The Morgan fingerprint density at radius 3 is 1.75 bits per heavy atom. The van der Waals surface area contributed by atoms with Crippen molar-refractivity contribution in [3.63, 3.8) is 0 Å². The van der Waals surface area contributed by atoms with Gasteiger partial charge in [-0.05, 0) is 109 Å². The first kappa shape index (κ1) is 29.2. The van der Waals surface area contributed by atoms with Crippen molar-refractivity contribution in [2.45, 2.75) is 0 Å². The highest BCUT2D eigenvalue weighted by Crippen LogP contribution is 2.50. The Bertz CT molecular complexity index is 2980. The van der Waals surface area contributed by atoms with Crippen LogP contribution in [-0.4, -0.2) is 4.98 Å². The average molecular weight is 679 g/mol. The zero-order valence-electron chi connectivity index (χ0n) is 28.1. The summed E-state index contributed by atoms with van der Waals surface area (Å²) in [5.41, 5.74) is 13.6. The number of fused-ring (bicyclic) bond motifs is 7. The molecule has 0 fully saturated rings. The van der Waals surface area contributed by atoms with Crippen molar-refractivity contribution >= 4 is 70.1 Å². The van der Waals surface area contributed by atoms with Crippen LogP contribution in [0.25, 0.3) is 86.2 Å². The number of hydrogen-bond acceptors (Lipinski definition) is 3. The van der Waals surface area contributed by atoms with Gasteiger partial charge in [0.15, 0.2) is 0 Å². The van der Waals surface area contributed by atoms with Gasteiger partial charge >= 0.3 is 0 Å². The smallest absolute Gasteiger partial charge is 0.0555 e. The van der Waals surface area contributed by atoms with Crippen molar-refractivity contribution in [3.8, 4) is 44.5 Å². The number of nitrogens with zero attached hydrogens (tertiary/aromatic N) is 2. The SMILES string of the molecule is c1ccc2c(c1)-c1cccc3c(-c4ccc(N(c5ccc(-c6cccc7ccccc67)cc5)c5cccc6sc7ccncc7c56)cc4)ccc-2c13. The van der Waals surface area contributed by atoms with Crippen LogP contribution in [0.3, 0.4) is 0 Å². The van der Waals surface area contributed by atoms with E-state index in [4.69, 9.17) is 0 Å². The van der Waals surface area contributed by atoms with Crippen molar-refractivity contribution in [2.24, 2.45) is 0 Å². The highest BCUT2D eigenvalue weighted by Gasteiger charge is 2.23. The maximum Gasteiger partial charge on any atom is 0.0555 e. The molecule has 0 bridgehead atoms. The molecule has 0 unspecified atom stereocenters. The molecule has 1 aliphatic carbocycles. The molecule has 2 nitrogen and oxygen atoms in total. The summed E-state index contributed by atoms with van der Waals surface area (Å²) in [7, 11) is 0. The summed E-state index contributed by atoms with van der Waals surface area (Å²) >= 11 is 1.82. The van der Waals surface area contributed by atoms with Crippen LogP contribution in [-0.2, 0) is 0 Å². The van der Waals surface area contributed by atoms with Gasteiger partial charge in [0.2, 0.25) is 0 Å². The zero-order chi connectivity index (χ0) is 34.2. The molecule has 242 valence electrons. The van der Waals surface area contributed by atoms with Gasteiger partial charge in [0.1, 0.15) is 0 Å². The monoisotopic (exact) mass is 678 g/mol. The molecule has 2 aromatic heterocycles. The molecule has 10 aromatic rings. The first-order valence-corrected chi connectivity index (χ1v) is 18.5. The quantitative estimate of drug-likeness (QED) is 0.180. The minimum Gasteiger partial charge on any atom is -0.310 e. The van der Waals surface area contributed by atoms with Crippen LogP contribution in [0.4, 0.5) is 17.1 Å². The molecule has 2 heterocycles. The van der Waals surface area contributed by atoms with Gasteiger partial charge in [0.05, 0.1) is 5.69 Å². The summed E-state index contributed by atoms with van der Waals surface area (Å²) in [6, 6.07) is 62.2. The van der Waals surface area contributed by atoms with Gasteiger partial charge in [-0.1, -0.05) is 127 Å². The van der Waals surface area contributed by atoms with E-state index in [1.54, 1.807) is 0 Å². The maximum atomic E-state index is 4.54. The molecular weight excluding hydrogens is 649 g/mol. The van der Waals surface area contributed by atoms with Crippen molar-refractivity contribution in [2.75, 3.05) is 4.90 Å². The summed E-state index contributed by atoms with van der Waals surface area (Å²) in [5.74, 6) is 0. The summed E-state index contributed by atoms with van der Waals surface area (Å²) in [4.78, 5) is 6.94. The molecule has 0 amide bonds.